The van der Waals surface area contributed by atoms with E-state index in [-0.39, 0.29) is 6.42 Å². The first-order valence-electron chi connectivity index (χ1n) is 3.59. The van der Waals surface area contributed by atoms with Gasteiger partial charge in [-0.2, -0.15) is 13.2 Å². The van der Waals surface area contributed by atoms with Crippen molar-refractivity contribution in [3.8, 4) is 0 Å². The minimum atomic E-state index is -4.27. The van der Waals surface area contributed by atoms with Crippen LogP contribution in [0.25, 0.3) is 0 Å². The van der Waals surface area contributed by atoms with Crippen molar-refractivity contribution in [3.05, 3.63) is 0 Å². The standard InChI is InChI=1S/C7H11F3O2/c1-3-6(12-5(2)11)4-7(8,9)10/h6H,3-4H2,1-2H3. The van der Waals surface area contributed by atoms with Gasteiger partial charge >= 0.3 is 12.1 Å². The summed E-state index contributed by atoms with van der Waals surface area (Å²) in [6.45, 7) is 2.64. The molecule has 2 nitrogen and oxygen atoms in total. The van der Waals surface area contributed by atoms with Crippen LogP contribution in [-0.2, 0) is 9.53 Å². The van der Waals surface area contributed by atoms with Gasteiger partial charge in [0.05, 0.1) is 6.42 Å². The van der Waals surface area contributed by atoms with Crippen molar-refractivity contribution in [3.63, 3.8) is 0 Å². The highest BCUT2D eigenvalue weighted by atomic mass is 19.4. The van der Waals surface area contributed by atoms with Crippen LogP contribution in [0, 0.1) is 0 Å². The van der Waals surface area contributed by atoms with Crippen molar-refractivity contribution in [2.75, 3.05) is 0 Å². The van der Waals surface area contributed by atoms with Gasteiger partial charge in [-0.1, -0.05) is 6.92 Å². The molecule has 1 atom stereocenters. The molecule has 0 heterocycles. The van der Waals surface area contributed by atoms with E-state index in [0.717, 1.165) is 6.92 Å². The van der Waals surface area contributed by atoms with Crippen LogP contribution in [0.4, 0.5) is 13.2 Å². The number of alkyl halides is 3. The lowest BCUT2D eigenvalue weighted by Gasteiger charge is -2.16. The number of rotatable bonds is 3. The first kappa shape index (κ1) is 11.3. The van der Waals surface area contributed by atoms with Gasteiger partial charge in [-0.05, 0) is 6.42 Å². The Balaban J connectivity index is 3.92. The van der Waals surface area contributed by atoms with E-state index in [1.54, 1.807) is 6.92 Å². The number of hydrogen-bond donors (Lipinski definition) is 0. The predicted octanol–water partition coefficient (Wildman–Crippen LogP) is 2.28. The molecule has 0 aliphatic carbocycles. The van der Waals surface area contributed by atoms with Gasteiger partial charge in [0.25, 0.3) is 0 Å². The lowest BCUT2D eigenvalue weighted by molar-refractivity contribution is -0.171. The zero-order valence-electron chi connectivity index (χ0n) is 6.94. The third-order valence-electron chi connectivity index (χ3n) is 1.25. The summed E-state index contributed by atoms with van der Waals surface area (Å²) < 4.78 is 39.7. The Bertz CT molecular complexity index is 153. The number of esters is 1. The molecule has 0 N–H and O–H groups in total. The van der Waals surface area contributed by atoms with Gasteiger partial charge in [0, 0.05) is 6.92 Å². The first-order valence-corrected chi connectivity index (χ1v) is 3.59. The van der Waals surface area contributed by atoms with E-state index in [9.17, 15) is 18.0 Å². The van der Waals surface area contributed by atoms with Crippen LogP contribution in [0.2, 0.25) is 0 Å². The molecule has 0 rings (SSSR count). The molecule has 0 bridgehead atoms. The minimum Gasteiger partial charge on any atom is -0.462 e. The lowest BCUT2D eigenvalue weighted by atomic mass is 10.2. The van der Waals surface area contributed by atoms with Gasteiger partial charge in [-0.15, -0.1) is 0 Å². The van der Waals surface area contributed by atoms with E-state index in [1.807, 2.05) is 0 Å². The van der Waals surface area contributed by atoms with Gasteiger partial charge in [0.2, 0.25) is 0 Å². The summed E-state index contributed by atoms with van der Waals surface area (Å²) in [7, 11) is 0. The summed E-state index contributed by atoms with van der Waals surface area (Å²) in [6, 6.07) is 0. The highest BCUT2D eigenvalue weighted by Crippen LogP contribution is 2.24. The van der Waals surface area contributed by atoms with E-state index in [1.165, 1.54) is 0 Å². The molecule has 5 heteroatoms. The fourth-order valence-electron chi connectivity index (χ4n) is 0.762. The van der Waals surface area contributed by atoms with E-state index in [4.69, 9.17) is 0 Å². The van der Waals surface area contributed by atoms with Crippen LogP contribution in [0.5, 0.6) is 0 Å². The molecule has 0 amide bonds. The lowest BCUT2D eigenvalue weighted by Crippen LogP contribution is -2.23. The topological polar surface area (TPSA) is 26.3 Å². The van der Waals surface area contributed by atoms with Gasteiger partial charge < -0.3 is 4.74 Å². The highest BCUT2D eigenvalue weighted by molar-refractivity contribution is 5.66. The maximum absolute atomic E-state index is 11.8. The summed E-state index contributed by atoms with van der Waals surface area (Å²) in [4.78, 5) is 10.3. The van der Waals surface area contributed by atoms with Crippen molar-refractivity contribution in [2.24, 2.45) is 0 Å². The molecule has 0 aliphatic rings. The summed E-state index contributed by atoms with van der Waals surface area (Å²) in [5, 5.41) is 0. The van der Waals surface area contributed by atoms with Crippen molar-refractivity contribution < 1.29 is 22.7 Å². The zero-order chi connectivity index (χ0) is 9.78. The normalized spacial score (nSPS) is 14.1. The van der Waals surface area contributed by atoms with E-state index in [0.29, 0.717) is 0 Å². The van der Waals surface area contributed by atoms with E-state index in [2.05, 4.69) is 4.74 Å². The summed E-state index contributed by atoms with van der Waals surface area (Å²) >= 11 is 0. The Morgan fingerprint density at radius 1 is 1.50 bits per heavy atom. The molecule has 1 unspecified atom stereocenters. The molecule has 0 aromatic heterocycles. The molecule has 0 spiro atoms. The van der Waals surface area contributed by atoms with Gasteiger partial charge in [0.1, 0.15) is 6.10 Å². The fraction of sp³-hybridized carbons (Fsp3) is 0.857. The van der Waals surface area contributed by atoms with Gasteiger partial charge in [-0.25, -0.2) is 0 Å². The molecule has 0 aliphatic heterocycles. The Labute approximate surface area is 68.7 Å². The average molecular weight is 184 g/mol. The maximum atomic E-state index is 11.8. The first-order chi connectivity index (χ1) is 5.35. The second-order valence-corrected chi connectivity index (χ2v) is 2.46. The Morgan fingerprint density at radius 3 is 2.25 bits per heavy atom. The molecular formula is C7H11F3O2. The van der Waals surface area contributed by atoms with E-state index < -0.39 is 24.7 Å². The Hall–Kier alpha value is -0.740. The third kappa shape index (κ3) is 6.00. The summed E-state index contributed by atoms with van der Waals surface area (Å²) in [6.07, 6.45) is -6.19. The van der Waals surface area contributed by atoms with Crippen LogP contribution < -0.4 is 0 Å². The monoisotopic (exact) mass is 184 g/mol. The average Bonchev–Trinajstić information content (AvgIpc) is 1.82. The van der Waals surface area contributed by atoms with Crippen LogP contribution in [0.15, 0.2) is 0 Å². The summed E-state index contributed by atoms with van der Waals surface area (Å²) in [5.74, 6) is -0.675. The highest BCUT2D eigenvalue weighted by Gasteiger charge is 2.32. The Morgan fingerprint density at radius 2 is 2.00 bits per heavy atom. The number of hydrogen-bond acceptors (Lipinski definition) is 2. The maximum Gasteiger partial charge on any atom is 0.392 e. The van der Waals surface area contributed by atoms with E-state index >= 15 is 0 Å². The molecular weight excluding hydrogens is 173 g/mol. The predicted molar refractivity (Wildman–Crippen MR) is 36.5 cm³/mol. The quantitative estimate of drug-likeness (QED) is 0.629. The second-order valence-electron chi connectivity index (χ2n) is 2.46. The van der Waals surface area contributed by atoms with Crippen LogP contribution in [0.3, 0.4) is 0 Å². The molecule has 0 saturated carbocycles. The van der Waals surface area contributed by atoms with Crippen molar-refractivity contribution in [1.29, 1.82) is 0 Å². The Kier molecular flexibility index (Phi) is 4.06. The fourth-order valence-corrected chi connectivity index (χ4v) is 0.762. The number of carbonyl (C=O) groups is 1. The smallest absolute Gasteiger partial charge is 0.392 e. The molecule has 0 saturated heterocycles. The van der Waals surface area contributed by atoms with Crippen molar-refractivity contribution in [2.45, 2.75) is 39.0 Å². The molecule has 12 heavy (non-hydrogen) atoms. The molecule has 0 fully saturated rings. The molecule has 0 aromatic rings. The van der Waals surface area contributed by atoms with Crippen molar-refractivity contribution in [1.82, 2.24) is 0 Å². The van der Waals surface area contributed by atoms with Crippen LogP contribution >= 0.6 is 0 Å². The zero-order valence-corrected chi connectivity index (χ0v) is 6.94. The van der Waals surface area contributed by atoms with Crippen LogP contribution in [-0.4, -0.2) is 18.2 Å². The minimum absolute atomic E-state index is 0.180. The SMILES string of the molecule is CCC(CC(F)(F)F)OC(C)=O. The van der Waals surface area contributed by atoms with Gasteiger partial charge in [0.15, 0.2) is 0 Å². The third-order valence-corrected chi connectivity index (χ3v) is 1.25. The molecule has 0 radical (unpaired) electrons. The van der Waals surface area contributed by atoms with Crippen molar-refractivity contribution >= 4 is 5.97 Å². The molecule has 0 aromatic carbocycles. The van der Waals surface area contributed by atoms with Crippen LogP contribution in [0.1, 0.15) is 26.7 Å². The number of carbonyl (C=O) groups excluding carboxylic acids is 1. The number of ether oxygens (including phenoxy) is 1. The summed E-state index contributed by atoms with van der Waals surface area (Å²) in [5.41, 5.74) is 0. The second kappa shape index (κ2) is 4.33. The van der Waals surface area contributed by atoms with Gasteiger partial charge in [-0.3, -0.25) is 4.79 Å². The number of halogens is 3. The molecule has 72 valence electrons. The largest absolute Gasteiger partial charge is 0.462 e.